The quantitative estimate of drug-likeness (QED) is 0.439. The summed E-state index contributed by atoms with van der Waals surface area (Å²) in [5, 5.41) is 6.96. The molecule has 0 saturated carbocycles. The second-order valence-electron chi connectivity index (χ2n) is 10.7. The minimum absolute atomic E-state index is 0.0247. The van der Waals surface area contributed by atoms with Crippen molar-refractivity contribution < 1.29 is 18.7 Å². The largest absolute Gasteiger partial charge is 0.490 e. The maximum Gasteiger partial charge on any atom is 0.253 e. The summed E-state index contributed by atoms with van der Waals surface area (Å²) in [6.45, 7) is 2.64. The van der Waals surface area contributed by atoms with Crippen LogP contribution in [0.4, 0.5) is 10.1 Å². The van der Waals surface area contributed by atoms with Crippen LogP contribution in [0.5, 0.6) is 5.75 Å². The van der Waals surface area contributed by atoms with E-state index in [2.05, 4.69) is 20.5 Å². The summed E-state index contributed by atoms with van der Waals surface area (Å²) < 4.78 is 20.8. The zero-order valence-electron chi connectivity index (χ0n) is 21.5. The van der Waals surface area contributed by atoms with Crippen molar-refractivity contribution in [3.8, 4) is 5.75 Å². The first kappa shape index (κ1) is 25.8. The predicted octanol–water partition coefficient (Wildman–Crippen LogP) is 4.96. The van der Waals surface area contributed by atoms with Gasteiger partial charge >= 0.3 is 0 Å². The number of Topliss-reactive ketones (excluding diaryl/α,β-unsaturated/α-hetero) is 1. The number of carbonyl (C=O) groups is 2. The minimum Gasteiger partial charge on any atom is -0.490 e. The minimum atomic E-state index is -0.587. The normalized spacial score (nSPS) is 24.2. The highest BCUT2D eigenvalue weighted by Gasteiger charge is 2.42. The van der Waals surface area contributed by atoms with Crippen molar-refractivity contribution in [3.05, 3.63) is 88.5 Å². The fourth-order valence-electron chi connectivity index (χ4n) is 6.07. The van der Waals surface area contributed by atoms with Crippen LogP contribution in [0.1, 0.15) is 58.0 Å². The fourth-order valence-corrected chi connectivity index (χ4v) is 6.29. The number of amides is 1. The van der Waals surface area contributed by atoms with Crippen LogP contribution in [0.15, 0.2) is 60.9 Å². The van der Waals surface area contributed by atoms with Crippen molar-refractivity contribution in [2.24, 2.45) is 5.92 Å². The molecule has 3 aromatic rings. The summed E-state index contributed by atoms with van der Waals surface area (Å²) in [7, 11) is 0. The third-order valence-corrected chi connectivity index (χ3v) is 8.59. The molecule has 1 aromatic heterocycles. The molecule has 39 heavy (non-hydrogen) atoms. The van der Waals surface area contributed by atoms with Gasteiger partial charge in [0.05, 0.1) is 23.2 Å². The van der Waals surface area contributed by atoms with E-state index in [1.54, 1.807) is 42.7 Å². The molecule has 1 spiro atoms. The number of aromatic nitrogens is 1. The van der Waals surface area contributed by atoms with E-state index in [1.807, 2.05) is 12.1 Å². The number of fused-ring (bicyclic) bond motifs is 1. The topological polar surface area (TPSA) is 83.6 Å². The number of rotatable bonds is 5. The Bertz CT molecular complexity index is 1390. The van der Waals surface area contributed by atoms with Gasteiger partial charge in [-0.25, -0.2) is 4.39 Å². The third-order valence-electron chi connectivity index (χ3n) is 8.26. The molecule has 0 bridgehead atoms. The first-order valence-corrected chi connectivity index (χ1v) is 13.8. The van der Waals surface area contributed by atoms with Crippen LogP contribution in [0.3, 0.4) is 0 Å². The molecule has 2 aromatic carbocycles. The lowest BCUT2D eigenvalue weighted by Crippen LogP contribution is -2.54. The molecule has 6 rings (SSSR count). The number of piperidine rings is 1. The summed E-state index contributed by atoms with van der Waals surface area (Å²) in [6, 6.07) is 13.3. The van der Waals surface area contributed by atoms with Gasteiger partial charge in [0.25, 0.3) is 5.91 Å². The number of ether oxygens (including phenoxy) is 1. The Labute approximate surface area is 231 Å². The van der Waals surface area contributed by atoms with Crippen LogP contribution in [0.25, 0.3) is 0 Å². The van der Waals surface area contributed by atoms with E-state index >= 15 is 4.39 Å². The van der Waals surface area contributed by atoms with E-state index in [0.717, 1.165) is 38.0 Å². The molecule has 7 nitrogen and oxygen atoms in total. The molecule has 4 heterocycles. The summed E-state index contributed by atoms with van der Waals surface area (Å²) in [5.74, 6) is -1.19. The van der Waals surface area contributed by atoms with Crippen molar-refractivity contribution in [1.29, 1.82) is 0 Å². The number of benzene rings is 2. The Hall–Kier alpha value is -3.49. The van der Waals surface area contributed by atoms with Crippen LogP contribution in [-0.4, -0.2) is 48.5 Å². The Morgan fingerprint density at radius 3 is 2.72 bits per heavy atom. The molecule has 2 saturated heterocycles. The standard InChI is InChI=1S/C30H30ClFN4O3/c31-24-4-2-1-3-22(24)29(38)35-26-8-14-39-28-23(26)15-20(16-25(28)32)27(37)19-5-9-30(34-17-19)10-13-36(18-30)21-6-11-33-12-7-21/h1-4,6-7,11-12,15-16,19,26,34H,5,8-10,13-14,17-18H2,(H,35,38)/t19?,26-,30?/m1/s1. The number of nitrogens with zero attached hydrogens (tertiary/aromatic N) is 2. The molecule has 202 valence electrons. The zero-order chi connectivity index (χ0) is 27.0. The first-order valence-electron chi connectivity index (χ1n) is 13.4. The predicted molar refractivity (Wildman–Crippen MR) is 147 cm³/mol. The van der Waals surface area contributed by atoms with E-state index in [0.29, 0.717) is 34.7 Å². The number of hydrogen-bond acceptors (Lipinski definition) is 6. The smallest absolute Gasteiger partial charge is 0.253 e. The van der Waals surface area contributed by atoms with E-state index in [1.165, 1.54) is 6.07 Å². The van der Waals surface area contributed by atoms with Gasteiger partial charge in [0.2, 0.25) is 0 Å². The number of carbonyl (C=O) groups excluding carboxylic acids is 2. The molecular formula is C30H30ClFN4O3. The molecule has 3 atom stereocenters. The van der Waals surface area contributed by atoms with E-state index in [4.69, 9.17) is 16.3 Å². The Balaban J connectivity index is 1.15. The van der Waals surface area contributed by atoms with Crippen molar-refractivity contribution >= 4 is 29.0 Å². The highest BCUT2D eigenvalue weighted by Crippen LogP contribution is 2.38. The zero-order valence-corrected chi connectivity index (χ0v) is 22.2. The lowest BCUT2D eigenvalue weighted by molar-refractivity contribution is 0.0864. The summed E-state index contributed by atoms with van der Waals surface area (Å²) in [4.78, 5) is 32.9. The maximum atomic E-state index is 15.2. The second kappa shape index (κ2) is 10.6. The SMILES string of the molecule is O=C(N[C@@H]1CCOc2c(F)cc(C(=O)C3CCC4(CCN(c5ccncc5)C4)NC3)cc21)c1ccccc1Cl. The molecule has 3 aliphatic rings. The van der Waals surface area contributed by atoms with Gasteiger partial charge in [-0.15, -0.1) is 0 Å². The number of anilines is 1. The van der Waals surface area contributed by atoms with Gasteiger partial charge < -0.3 is 20.3 Å². The fraction of sp³-hybridized carbons (Fsp3) is 0.367. The lowest BCUT2D eigenvalue weighted by atomic mass is 9.80. The number of halogens is 2. The second-order valence-corrected chi connectivity index (χ2v) is 11.1. The van der Waals surface area contributed by atoms with E-state index in [-0.39, 0.29) is 35.5 Å². The summed E-state index contributed by atoms with van der Waals surface area (Å²) >= 11 is 6.20. The molecular weight excluding hydrogens is 519 g/mol. The highest BCUT2D eigenvalue weighted by atomic mass is 35.5. The summed E-state index contributed by atoms with van der Waals surface area (Å²) in [5.41, 5.74) is 2.26. The van der Waals surface area contributed by atoms with Gasteiger partial charge in [0.15, 0.2) is 17.3 Å². The van der Waals surface area contributed by atoms with E-state index < -0.39 is 11.9 Å². The van der Waals surface area contributed by atoms with Gasteiger partial charge in [-0.05, 0) is 55.7 Å². The maximum absolute atomic E-state index is 15.2. The lowest BCUT2D eigenvalue weighted by Gasteiger charge is -2.38. The van der Waals surface area contributed by atoms with Crippen molar-refractivity contribution in [1.82, 2.24) is 15.6 Å². The monoisotopic (exact) mass is 548 g/mol. The van der Waals surface area contributed by atoms with Gasteiger partial charge in [-0.2, -0.15) is 0 Å². The van der Waals surface area contributed by atoms with Crippen LogP contribution < -0.4 is 20.3 Å². The molecule has 2 unspecified atom stereocenters. The Morgan fingerprint density at radius 2 is 1.95 bits per heavy atom. The highest BCUT2D eigenvalue weighted by molar-refractivity contribution is 6.33. The van der Waals surface area contributed by atoms with Crippen LogP contribution >= 0.6 is 11.6 Å². The Morgan fingerprint density at radius 1 is 1.13 bits per heavy atom. The molecule has 2 N–H and O–H groups in total. The Kier molecular flexibility index (Phi) is 6.99. The average Bonchev–Trinajstić information content (AvgIpc) is 3.37. The van der Waals surface area contributed by atoms with Crippen LogP contribution in [0.2, 0.25) is 5.02 Å². The molecule has 0 aliphatic carbocycles. The number of hydrogen-bond donors (Lipinski definition) is 2. The first-order chi connectivity index (χ1) is 18.9. The average molecular weight is 549 g/mol. The van der Waals surface area contributed by atoms with Crippen molar-refractivity contribution in [2.45, 2.75) is 37.3 Å². The van der Waals surface area contributed by atoms with Gasteiger partial charge in [-0.1, -0.05) is 23.7 Å². The van der Waals surface area contributed by atoms with Crippen LogP contribution in [-0.2, 0) is 0 Å². The molecule has 1 amide bonds. The number of pyridine rings is 1. The third kappa shape index (κ3) is 5.11. The van der Waals surface area contributed by atoms with Crippen molar-refractivity contribution in [2.75, 3.05) is 31.1 Å². The molecule has 2 fully saturated rings. The van der Waals surface area contributed by atoms with Gasteiger partial charge in [0.1, 0.15) is 0 Å². The van der Waals surface area contributed by atoms with Gasteiger partial charge in [0, 0.05) is 66.7 Å². The molecule has 0 radical (unpaired) electrons. The van der Waals surface area contributed by atoms with E-state index in [9.17, 15) is 9.59 Å². The number of ketones is 1. The molecule has 9 heteroatoms. The van der Waals surface area contributed by atoms with Crippen molar-refractivity contribution in [3.63, 3.8) is 0 Å². The molecule has 3 aliphatic heterocycles. The number of nitrogens with one attached hydrogen (secondary N) is 2. The van der Waals surface area contributed by atoms with Gasteiger partial charge in [-0.3, -0.25) is 14.6 Å². The summed E-state index contributed by atoms with van der Waals surface area (Å²) in [6.07, 6.45) is 6.68. The van der Waals surface area contributed by atoms with Crippen LogP contribution in [0, 0.1) is 11.7 Å².